The van der Waals surface area contributed by atoms with Crippen molar-refractivity contribution in [1.29, 1.82) is 0 Å². The SMILES string of the molecule is CNc1nc(I)nc2c1ncn2[C@@H]1O[C@H](COS(=O)(=O)NC(=O)[C@@H](C)CCSC)[C@@H](O)[C@H]1O. The summed E-state index contributed by atoms with van der Waals surface area (Å²) in [5, 5.41) is 23.8. The van der Waals surface area contributed by atoms with Crippen molar-refractivity contribution < 1.29 is 32.3 Å². The third-order valence-corrected chi connectivity index (χ3v) is 7.08. The van der Waals surface area contributed by atoms with Gasteiger partial charge in [-0.15, -0.1) is 0 Å². The molecule has 2 aromatic rings. The molecule has 1 amide bonds. The third kappa shape index (κ3) is 6.04. The van der Waals surface area contributed by atoms with Gasteiger partial charge in [0.2, 0.25) is 5.91 Å². The number of rotatable bonds is 10. The van der Waals surface area contributed by atoms with Gasteiger partial charge in [0, 0.05) is 35.6 Å². The summed E-state index contributed by atoms with van der Waals surface area (Å²) in [6.45, 7) is 1.00. The molecule has 0 bridgehead atoms. The van der Waals surface area contributed by atoms with E-state index in [9.17, 15) is 23.4 Å². The number of amides is 1. The highest BCUT2D eigenvalue weighted by Gasteiger charge is 2.45. The number of carbonyl (C=O) groups excluding carboxylic acids is 1. The zero-order valence-electron chi connectivity index (χ0n) is 18.0. The predicted molar refractivity (Wildman–Crippen MR) is 129 cm³/mol. The van der Waals surface area contributed by atoms with Crippen LogP contribution in [-0.2, 0) is 24.0 Å². The van der Waals surface area contributed by atoms with Crippen LogP contribution in [0.4, 0.5) is 5.82 Å². The molecule has 1 fully saturated rings. The van der Waals surface area contributed by atoms with Gasteiger partial charge >= 0.3 is 10.3 Å². The van der Waals surface area contributed by atoms with Crippen LogP contribution in [0.5, 0.6) is 0 Å². The number of aliphatic hydroxyl groups is 2. The molecule has 0 aromatic carbocycles. The molecule has 0 saturated carbocycles. The summed E-state index contributed by atoms with van der Waals surface area (Å²) in [6, 6.07) is 0. The Hall–Kier alpha value is -1.31. The number of nitrogens with zero attached hydrogens (tertiary/aromatic N) is 4. The number of fused-ring (bicyclic) bond motifs is 1. The van der Waals surface area contributed by atoms with Crippen LogP contribution in [0.2, 0.25) is 0 Å². The van der Waals surface area contributed by atoms with Crippen molar-refractivity contribution in [2.45, 2.75) is 37.9 Å². The Morgan fingerprint density at radius 2 is 2.12 bits per heavy atom. The number of hydrogen-bond acceptors (Lipinski definition) is 12. The quantitative estimate of drug-likeness (QED) is 0.206. The monoisotopic (exact) mass is 616 g/mol. The molecule has 184 valence electrons. The molecule has 2 aromatic heterocycles. The molecule has 33 heavy (non-hydrogen) atoms. The van der Waals surface area contributed by atoms with Crippen molar-refractivity contribution in [3.63, 3.8) is 0 Å². The van der Waals surface area contributed by atoms with Crippen LogP contribution in [0.3, 0.4) is 0 Å². The lowest BCUT2D eigenvalue weighted by molar-refractivity contribution is -0.122. The highest BCUT2D eigenvalue weighted by molar-refractivity contribution is 14.1. The fraction of sp³-hybridized carbons (Fsp3) is 0.647. The van der Waals surface area contributed by atoms with E-state index in [4.69, 9.17) is 8.92 Å². The van der Waals surface area contributed by atoms with Gasteiger partial charge in [0.15, 0.2) is 27.0 Å². The van der Waals surface area contributed by atoms with Crippen molar-refractivity contribution in [2.75, 3.05) is 31.0 Å². The second kappa shape index (κ2) is 11.0. The van der Waals surface area contributed by atoms with Gasteiger partial charge in [-0.25, -0.2) is 19.7 Å². The first-order valence-electron chi connectivity index (χ1n) is 9.87. The molecule has 5 atom stereocenters. The standard InChI is InChI=1S/C17H25IN6O7S2/c1-8(4-5-32-3)15(27)23-33(28,29)30-6-9-11(25)12(26)16(31-9)24-7-20-10-13(19-2)21-17(18)22-14(10)24/h7-9,11-12,16,25-26H,4-6H2,1-3H3,(H,23,27)(H,19,21,22)/t8-,9+,11+,12+,16+/m0/s1. The van der Waals surface area contributed by atoms with Gasteiger partial charge in [0.05, 0.1) is 12.9 Å². The molecule has 4 N–H and O–H groups in total. The van der Waals surface area contributed by atoms with E-state index in [1.807, 2.05) is 33.6 Å². The summed E-state index contributed by atoms with van der Waals surface area (Å²) >= 11 is 3.48. The van der Waals surface area contributed by atoms with Crippen molar-refractivity contribution in [3.05, 3.63) is 10.2 Å². The lowest BCUT2D eigenvalue weighted by Crippen LogP contribution is -2.39. The molecular formula is C17H25IN6O7S2. The zero-order chi connectivity index (χ0) is 24.3. The molecule has 0 unspecified atom stereocenters. The minimum absolute atomic E-state index is 0.357. The van der Waals surface area contributed by atoms with Crippen molar-refractivity contribution in [2.24, 2.45) is 5.92 Å². The number of ether oxygens (including phenoxy) is 1. The number of aliphatic hydroxyl groups excluding tert-OH is 2. The predicted octanol–water partition coefficient (Wildman–Crippen LogP) is -0.141. The van der Waals surface area contributed by atoms with Gasteiger partial charge in [-0.2, -0.15) is 20.2 Å². The summed E-state index contributed by atoms with van der Waals surface area (Å²) in [5.41, 5.74) is 0.791. The maximum Gasteiger partial charge on any atom is 0.362 e. The third-order valence-electron chi connectivity index (χ3n) is 5.06. The van der Waals surface area contributed by atoms with E-state index < -0.39 is 53.3 Å². The Balaban J connectivity index is 1.68. The van der Waals surface area contributed by atoms with Crippen molar-refractivity contribution in [1.82, 2.24) is 24.2 Å². The molecule has 1 aliphatic heterocycles. The number of anilines is 1. The van der Waals surface area contributed by atoms with Gasteiger partial charge in [-0.3, -0.25) is 13.5 Å². The zero-order valence-corrected chi connectivity index (χ0v) is 21.8. The average Bonchev–Trinajstić information content (AvgIpc) is 3.30. The second-order valence-electron chi connectivity index (χ2n) is 7.35. The fourth-order valence-corrected chi connectivity index (χ4v) is 5.06. The van der Waals surface area contributed by atoms with Gasteiger partial charge in [0.25, 0.3) is 0 Å². The first-order chi connectivity index (χ1) is 15.6. The maximum absolute atomic E-state index is 12.2. The minimum Gasteiger partial charge on any atom is -0.387 e. The summed E-state index contributed by atoms with van der Waals surface area (Å²) in [5.74, 6) is -0.0178. The van der Waals surface area contributed by atoms with Crippen LogP contribution in [-0.4, -0.2) is 88.0 Å². The van der Waals surface area contributed by atoms with Gasteiger partial charge in [0.1, 0.15) is 18.3 Å². The Morgan fingerprint density at radius 1 is 1.39 bits per heavy atom. The van der Waals surface area contributed by atoms with E-state index in [1.54, 1.807) is 25.7 Å². The smallest absolute Gasteiger partial charge is 0.362 e. The largest absolute Gasteiger partial charge is 0.387 e. The Labute approximate surface area is 208 Å². The van der Waals surface area contributed by atoms with Crippen LogP contribution < -0.4 is 10.0 Å². The van der Waals surface area contributed by atoms with E-state index in [2.05, 4.69) is 20.3 Å². The van der Waals surface area contributed by atoms with Crippen molar-refractivity contribution in [3.8, 4) is 0 Å². The topological polar surface area (TPSA) is 178 Å². The summed E-state index contributed by atoms with van der Waals surface area (Å²) < 4.78 is 38.6. The van der Waals surface area contributed by atoms with Gasteiger partial charge in [-0.05, 0) is 18.4 Å². The number of nitrogens with one attached hydrogen (secondary N) is 2. The number of aromatic nitrogens is 4. The number of hydrogen-bond donors (Lipinski definition) is 4. The minimum atomic E-state index is -4.43. The van der Waals surface area contributed by atoms with E-state index in [0.29, 0.717) is 33.0 Å². The second-order valence-corrected chi connectivity index (χ2v) is 10.6. The van der Waals surface area contributed by atoms with Gasteiger partial charge in [-0.1, -0.05) is 6.92 Å². The molecule has 1 saturated heterocycles. The molecule has 0 radical (unpaired) electrons. The summed E-state index contributed by atoms with van der Waals surface area (Å²) in [6.07, 6.45) is -1.37. The summed E-state index contributed by atoms with van der Waals surface area (Å²) in [4.78, 5) is 24.8. The van der Waals surface area contributed by atoms with E-state index in [-0.39, 0.29) is 0 Å². The molecular weight excluding hydrogens is 591 g/mol. The number of thioether (sulfide) groups is 1. The lowest BCUT2D eigenvalue weighted by atomic mass is 10.1. The van der Waals surface area contributed by atoms with Crippen molar-refractivity contribution >= 4 is 67.5 Å². The van der Waals surface area contributed by atoms with Crippen LogP contribution in [0.15, 0.2) is 6.33 Å². The van der Waals surface area contributed by atoms with E-state index in [0.717, 1.165) is 0 Å². The highest BCUT2D eigenvalue weighted by Crippen LogP contribution is 2.32. The maximum atomic E-state index is 12.2. The lowest BCUT2D eigenvalue weighted by Gasteiger charge is -2.17. The molecule has 3 rings (SSSR count). The van der Waals surface area contributed by atoms with E-state index in [1.165, 1.54) is 10.9 Å². The van der Waals surface area contributed by atoms with Crippen LogP contribution in [0.25, 0.3) is 11.2 Å². The van der Waals surface area contributed by atoms with Crippen LogP contribution >= 0.6 is 34.4 Å². The Bertz CT molecular complexity index is 1100. The Morgan fingerprint density at radius 3 is 2.79 bits per heavy atom. The van der Waals surface area contributed by atoms with Crippen LogP contribution in [0.1, 0.15) is 19.6 Å². The Kier molecular flexibility index (Phi) is 8.73. The van der Waals surface area contributed by atoms with Gasteiger partial charge < -0.3 is 20.3 Å². The first kappa shape index (κ1) is 26.3. The van der Waals surface area contributed by atoms with Crippen LogP contribution in [0, 0.1) is 9.75 Å². The number of carbonyl (C=O) groups is 1. The normalized spacial score (nSPS) is 24.2. The molecule has 3 heterocycles. The van der Waals surface area contributed by atoms with E-state index >= 15 is 0 Å². The fourth-order valence-electron chi connectivity index (χ4n) is 3.18. The molecule has 16 heteroatoms. The summed E-state index contributed by atoms with van der Waals surface area (Å²) in [7, 11) is -2.75. The number of halogens is 1. The number of imidazole rings is 1. The molecule has 13 nitrogen and oxygen atoms in total. The highest BCUT2D eigenvalue weighted by atomic mass is 127. The molecule has 0 aliphatic carbocycles. The first-order valence-corrected chi connectivity index (χ1v) is 13.8. The molecule has 0 spiro atoms. The molecule has 1 aliphatic rings. The average molecular weight is 616 g/mol.